The van der Waals surface area contributed by atoms with Crippen molar-refractivity contribution >= 4 is 5.82 Å². The summed E-state index contributed by atoms with van der Waals surface area (Å²) in [5.41, 5.74) is 7.05. The van der Waals surface area contributed by atoms with Crippen molar-refractivity contribution in [1.82, 2.24) is 9.97 Å². The predicted molar refractivity (Wildman–Crippen MR) is 78.6 cm³/mol. The lowest BCUT2D eigenvalue weighted by Gasteiger charge is -2.23. The van der Waals surface area contributed by atoms with Crippen LogP contribution < -0.4 is 15.4 Å². The molecule has 0 amide bonds. The van der Waals surface area contributed by atoms with Crippen molar-refractivity contribution in [1.29, 1.82) is 0 Å². The molecule has 0 saturated heterocycles. The van der Waals surface area contributed by atoms with Crippen LogP contribution in [-0.2, 0) is 0 Å². The average Bonchev–Trinajstić information content (AvgIpc) is 2.38. The smallest absolute Gasteiger partial charge is 0.221 e. The standard InChI is InChI=1S/C14H26N4O/c1-6-19-14-11(4)13(16-9-17-14)18(5)8-7-12(15)10(2)3/h9-10,12H,6-8,15H2,1-5H3. The molecule has 2 N–H and O–H groups in total. The van der Waals surface area contributed by atoms with E-state index in [0.717, 1.165) is 24.3 Å². The highest BCUT2D eigenvalue weighted by atomic mass is 16.5. The van der Waals surface area contributed by atoms with Gasteiger partial charge in [-0.25, -0.2) is 9.97 Å². The van der Waals surface area contributed by atoms with Crippen LogP contribution in [0, 0.1) is 12.8 Å². The molecule has 108 valence electrons. The van der Waals surface area contributed by atoms with Gasteiger partial charge in [0.15, 0.2) is 0 Å². The summed E-state index contributed by atoms with van der Waals surface area (Å²) in [5.74, 6) is 2.07. The topological polar surface area (TPSA) is 64.3 Å². The molecule has 0 aliphatic rings. The van der Waals surface area contributed by atoms with Gasteiger partial charge in [0.25, 0.3) is 0 Å². The van der Waals surface area contributed by atoms with Gasteiger partial charge in [-0.2, -0.15) is 0 Å². The molecule has 0 fully saturated rings. The minimum absolute atomic E-state index is 0.218. The van der Waals surface area contributed by atoms with Crippen molar-refractivity contribution in [3.05, 3.63) is 11.9 Å². The Balaban J connectivity index is 2.71. The van der Waals surface area contributed by atoms with Crippen LogP contribution in [0.4, 0.5) is 5.82 Å². The molecule has 1 aromatic rings. The number of anilines is 1. The molecule has 0 aromatic carbocycles. The van der Waals surface area contributed by atoms with E-state index < -0.39 is 0 Å². The summed E-state index contributed by atoms with van der Waals surface area (Å²) >= 11 is 0. The van der Waals surface area contributed by atoms with E-state index in [1.165, 1.54) is 0 Å². The molecule has 0 radical (unpaired) electrons. The summed E-state index contributed by atoms with van der Waals surface area (Å²) in [6, 6.07) is 0.218. The van der Waals surface area contributed by atoms with Crippen molar-refractivity contribution in [2.45, 2.75) is 40.2 Å². The van der Waals surface area contributed by atoms with Crippen molar-refractivity contribution < 1.29 is 4.74 Å². The Hall–Kier alpha value is -1.36. The lowest BCUT2D eigenvalue weighted by atomic mass is 10.0. The quantitative estimate of drug-likeness (QED) is 0.817. The number of nitrogens with two attached hydrogens (primary N) is 1. The Labute approximate surface area is 116 Å². The number of nitrogens with zero attached hydrogens (tertiary/aromatic N) is 3. The average molecular weight is 266 g/mol. The molecule has 0 saturated carbocycles. The van der Waals surface area contributed by atoms with E-state index in [1.54, 1.807) is 6.33 Å². The van der Waals surface area contributed by atoms with Gasteiger partial charge in [-0.1, -0.05) is 13.8 Å². The third kappa shape index (κ3) is 4.35. The monoisotopic (exact) mass is 266 g/mol. The number of rotatable bonds is 7. The third-order valence-corrected chi connectivity index (χ3v) is 3.31. The van der Waals surface area contributed by atoms with Crippen LogP contribution in [-0.4, -0.2) is 36.2 Å². The molecule has 1 heterocycles. The second-order valence-corrected chi connectivity index (χ2v) is 5.18. The fraction of sp³-hybridized carbons (Fsp3) is 0.714. The summed E-state index contributed by atoms with van der Waals surface area (Å²) in [7, 11) is 2.03. The predicted octanol–water partition coefficient (Wildman–Crippen LogP) is 1.99. The van der Waals surface area contributed by atoms with Gasteiger partial charge in [-0.05, 0) is 26.2 Å². The fourth-order valence-corrected chi connectivity index (χ4v) is 1.87. The molecule has 5 nitrogen and oxygen atoms in total. The fourth-order valence-electron chi connectivity index (χ4n) is 1.87. The lowest BCUT2D eigenvalue weighted by molar-refractivity contribution is 0.323. The Morgan fingerprint density at radius 1 is 1.37 bits per heavy atom. The molecule has 0 aliphatic heterocycles. The Kier molecular flexibility index (Phi) is 6.02. The van der Waals surface area contributed by atoms with Gasteiger partial charge in [0.1, 0.15) is 12.1 Å². The second kappa shape index (κ2) is 7.28. The van der Waals surface area contributed by atoms with Crippen molar-refractivity contribution in [3.63, 3.8) is 0 Å². The summed E-state index contributed by atoms with van der Waals surface area (Å²) in [6.45, 7) is 9.72. The Bertz CT molecular complexity index is 395. The van der Waals surface area contributed by atoms with Crippen LogP contribution >= 0.6 is 0 Å². The van der Waals surface area contributed by atoms with E-state index in [9.17, 15) is 0 Å². The second-order valence-electron chi connectivity index (χ2n) is 5.18. The molecule has 0 aliphatic carbocycles. The van der Waals surface area contributed by atoms with Crippen LogP contribution in [0.2, 0.25) is 0 Å². The van der Waals surface area contributed by atoms with Crippen LogP contribution in [0.1, 0.15) is 32.8 Å². The van der Waals surface area contributed by atoms with Gasteiger partial charge in [0.05, 0.1) is 12.2 Å². The number of aromatic nitrogens is 2. The van der Waals surface area contributed by atoms with Gasteiger partial charge >= 0.3 is 0 Å². The highest BCUT2D eigenvalue weighted by molar-refractivity contribution is 5.49. The molecule has 1 atom stereocenters. The normalized spacial score (nSPS) is 12.6. The van der Waals surface area contributed by atoms with Gasteiger partial charge in [0, 0.05) is 19.6 Å². The largest absolute Gasteiger partial charge is 0.478 e. The lowest BCUT2D eigenvalue weighted by Crippen LogP contribution is -2.32. The van der Waals surface area contributed by atoms with Crippen molar-refractivity contribution in [2.24, 2.45) is 11.7 Å². The molecule has 1 unspecified atom stereocenters. The zero-order valence-electron chi connectivity index (χ0n) is 12.7. The molecule has 5 heteroatoms. The zero-order valence-corrected chi connectivity index (χ0v) is 12.7. The molecule has 19 heavy (non-hydrogen) atoms. The maximum atomic E-state index is 6.07. The minimum atomic E-state index is 0.218. The van der Waals surface area contributed by atoms with E-state index in [4.69, 9.17) is 10.5 Å². The van der Waals surface area contributed by atoms with Crippen LogP contribution in [0.5, 0.6) is 5.88 Å². The molecule has 0 bridgehead atoms. The first kappa shape index (κ1) is 15.7. The van der Waals surface area contributed by atoms with Crippen molar-refractivity contribution in [2.75, 3.05) is 25.1 Å². The van der Waals surface area contributed by atoms with Gasteiger partial charge in [-0.3, -0.25) is 0 Å². The first-order valence-corrected chi connectivity index (χ1v) is 6.88. The third-order valence-electron chi connectivity index (χ3n) is 3.31. The summed E-state index contributed by atoms with van der Waals surface area (Å²) in [6.07, 6.45) is 2.49. The summed E-state index contributed by atoms with van der Waals surface area (Å²) in [4.78, 5) is 10.6. The number of hydrogen-bond donors (Lipinski definition) is 1. The highest BCUT2D eigenvalue weighted by Crippen LogP contribution is 2.23. The molecular weight excluding hydrogens is 240 g/mol. The molecule has 1 aromatic heterocycles. The van der Waals surface area contributed by atoms with Gasteiger partial charge < -0.3 is 15.4 Å². The van der Waals surface area contributed by atoms with E-state index in [-0.39, 0.29) is 6.04 Å². The summed E-state index contributed by atoms with van der Waals surface area (Å²) < 4.78 is 5.49. The van der Waals surface area contributed by atoms with Gasteiger partial charge in [0.2, 0.25) is 5.88 Å². The SMILES string of the molecule is CCOc1ncnc(N(C)CCC(N)C(C)C)c1C. The maximum Gasteiger partial charge on any atom is 0.221 e. The first-order valence-electron chi connectivity index (χ1n) is 6.88. The highest BCUT2D eigenvalue weighted by Gasteiger charge is 2.14. The van der Waals surface area contributed by atoms with E-state index >= 15 is 0 Å². The molecule has 0 spiro atoms. The Morgan fingerprint density at radius 3 is 2.63 bits per heavy atom. The summed E-state index contributed by atoms with van der Waals surface area (Å²) in [5, 5.41) is 0. The maximum absolute atomic E-state index is 6.07. The molecular formula is C14H26N4O. The number of hydrogen-bond acceptors (Lipinski definition) is 5. The van der Waals surface area contributed by atoms with E-state index in [1.807, 2.05) is 20.9 Å². The zero-order chi connectivity index (χ0) is 14.4. The van der Waals surface area contributed by atoms with E-state index in [0.29, 0.717) is 18.4 Å². The Morgan fingerprint density at radius 2 is 2.05 bits per heavy atom. The number of ether oxygens (including phenoxy) is 1. The van der Waals surface area contributed by atoms with Crippen LogP contribution in [0.3, 0.4) is 0 Å². The van der Waals surface area contributed by atoms with E-state index in [2.05, 4.69) is 28.7 Å². The minimum Gasteiger partial charge on any atom is -0.478 e. The van der Waals surface area contributed by atoms with Gasteiger partial charge in [-0.15, -0.1) is 0 Å². The molecule has 1 rings (SSSR count). The van der Waals surface area contributed by atoms with Crippen LogP contribution in [0.15, 0.2) is 6.33 Å². The first-order chi connectivity index (χ1) is 8.97. The van der Waals surface area contributed by atoms with Crippen LogP contribution in [0.25, 0.3) is 0 Å². The van der Waals surface area contributed by atoms with Crippen molar-refractivity contribution in [3.8, 4) is 5.88 Å².